The molecule has 1 saturated heterocycles. The van der Waals surface area contributed by atoms with Gasteiger partial charge in [0.1, 0.15) is 5.92 Å². The molecule has 0 bridgehead atoms. The Morgan fingerprint density at radius 3 is 2.62 bits per heavy atom. The summed E-state index contributed by atoms with van der Waals surface area (Å²) in [5.74, 6) is -3.41. The number of nitrogens with one attached hydrogen (secondary N) is 1. The van der Waals surface area contributed by atoms with Gasteiger partial charge in [-0.2, -0.15) is 22.7 Å². The Morgan fingerprint density at radius 1 is 1.38 bits per heavy atom. The van der Waals surface area contributed by atoms with Gasteiger partial charge in [0, 0.05) is 32.3 Å². The molecule has 0 radical (unpaired) electrons. The lowest BCUT2D eigenvalue weighted by Crippen LogP contribution is -2.33. The Kier molecular flexibility index (Phi) is 4.51. The number of nitrogens with zero attached hydrogens (tertiary/aromatic N) is 3. The molecule has 0 aliphatic carbocycles. The minimum atomic E-state index is -4.64. The smallest absolute Gasteiger partial charge is 0.344 e. The Morgan fingerprint density at radius 2 is 2.08 bits per heavy atom. The molecule has 2 aromatic heterocycles. The van der Waals surface area contributed by atoms with E-state index in [0.717, 1.165) is 22.1 Å². The minimum Gasteiger partial charge on any atom is -0.344 e. The maximum atomic E-state index is 13.6. The van der Waals surface area contributed by atoms with E-state index in [1.54, 1.807) is 0 Å². The number of aromatic nitrogens is 2. The Bertz CT molecular complexity index is 860. The van der Waals surface area contributed by atoms with Crippen molar-refractivity contribution in [1.82, 2.24) is 14.7 Å². The number of carbonyl (C=O) groups excluding carboxylic acids is 2. The number of likely N-dealkylation sites (N-methyl/N-ethyl adjacent to an activating group) is 1. The van der Waals surface area contributed by atoms with E-state index in [1.807, 2.05) is 0 Å². The van der Waals surface area contributed by atoms with E-state index < -0.39 is 40.7 Å². The molecule has 3 heterocycles. The number of aryl methyl sites for hydroxylation is 1. The summed E-state index contributed by atoms with van der Waals surface area (Å²) in [5.41, 5.74) is -1.05. The van der Waals surface area contributed by atoms with E-state index >= 15 is 0 Å². The second kappa shape index (κ2) is 6.38. The molecule has 11 heteroatoms. The highest BCUT2D eigenvalue weighted by molar-refractivity contribution is 7.08. The van der Waals surface area contributed by atoms with E-state index in [-0.39, 0.29) is 17.9 Å². The summed E-state index contributed by atoms with van der Waals surface area (Å²) in [6, 6.07) is 2.18. The molecule has 0 unspecified atom stereocenters. The van der Waals surface area contributed by atoms with Crippen LogP contribution in [0.3, 0.4) is 0 Å². The van der Waals surface area contributed by atoms with Crippen LogP contribution in [0.25, 0.3) is 0 Å². The number of amides is 2. The van der Waals surface area contributed by atoms with Crippen LogP contribution in [0.5, 0.6) is 0 Å². The second-order valence-corrected chi connectivity index (χ2v) is 6.84. The van der Waals surface area contributed by atoms with Crippen LogP contribution in [-0.2, 0) is 22.8 Å². The summed E-state index contributed by atoms with van der Waals surface area (Å²) < 4.78 is 53.3. The monoisotopic (exact) mass is 390 g/mol. The third kappa shape index (κ3) is 3.18. The van der Waals surface area contributed by atoms with Crippen molar-refractivity contribution >= 4 is 28.8 Å². The van der Waals surface area contributed by atoms with Gasteiger partial charge in [-0.05, 0) is 17.5 Å². The zero-order chi connectivity index (χ0) is 19.2. The average molecular weight is 390 g/mol. The van der Waals surface area contributed by atoms with Crippen molar-refractivity contribution in [2.75, 3.05) is 18.9 Å². The fourth-order valence-electron chi connectivity index (χ4n) is 3.02. The second-order valence-electron chi connectivity index (χ2n) is 5.98. The lowest BCUT2D eigenvalue weighted by atomic mass is 9.91. The predicted molar refractivity (Wildman–Crippen MR) is 85.0 cm³/mol. The molecule has 0 aromatic carbocycles. The number of alkyl halides is 3. The highest BCUT2D eigenvalue weighted by Gasteiger charge is 2.47. The molecule has 1 fully saturated rings. The summed E-state index contributed by atoms with van der Waals surface area (Å²) in [7, 11) is 2.77. The fraction of sp³-hybridized carbons (Fsp3) is 0.400. The quantitative estimate of drug-likeness (QED) is 0.647. The zero-order valence-electron chi connectivity index (χ0n) is 13.7. The number of hydrogen-bond acceptors (Lipinski definition) is 4. The molecule has 140 valence electrons. The van der Waals surface area contributed by atoms with Crippen LogP contribution >= 0.6 is 11.3 Å². The summed E-state index contributed by atoms with van der Waals surface area (Å²) in [5, 5.41) is 6.58. The normalized spacial score (nSPS) is 20.7. The Labute approximate surface area is 149 Å². The van der Waals surface area contributed by atoms with Gasteiger partial charge in [-0.25, -0.2) is 0 Å². The van der Waals surface area contributed by atoms with Gasteiger partial charge in [-0.15, -0.1) is 11.3 Å². The number of halogens is 4. The van der Waals surface area contributed by atoms with Crippen LogP contribution < -0.4 is 5.32 Å². The maximum Gasteiger partial charge on any atom is 0.435 e. The highest BCUT2D eigenvalue weighted by Crippen LogP contribution is 2.37. The van der Waals surface area contributed by atoms with Crippen LogP contribution in [0.4, 0.5) is 23.2 Å². The molecule has 26 heavy (non-hydrogen) atoms. The molecular formula is C15H14F4N4O2S. The van der Waals surface area contributed by atoms with Gasteiger partial charge in [-0.3, -0.25) is 14.3 Å². The fourth-order valence-corrected chi connectivity index (χ4v) is 3.59. The standard InChI is InChI=1S/C15H14F4N4O2S/c1-22-6-7(9-5-10(15(17,18)19)21-23(9)2)11(14(22)25)13(24)20-8-3-4-26-12(8)16/h3-5,7,11H,6H2,1-2H3,(H,20,24)/t7-,11+/m1/s1. The highest BCUT2D eigenvalue weighted by atomic mass is 32.1. The maximum absolute atomic E-state index is 13.6. The molecule has 2 aromatic rings. The van der Waals surface area contributed by atoms with Crippen LogP contribution in [-0.4, -0.2) is 40.1 Å². The molecule has 1 aliphatic heterocycles. The van der Waals surface area contributed by atoms with Crippen molar-refractivity contribution in [2.24, 2.45) is 13.0 Å². The molecule has 0 saturated carbocycles. The van der Waals surface area contributed by atoms with Crippen molar-refractivity contribution in [3.8, 4) is 0 Å². The van der Waals surface area contributed by atoms with Crippen molar-refractivity contribution in [3.05, 3.63) is 34.0 Å². The first kappa shape index (κ1) is 18.4. The number of rotatable bonds is 3. The predicted octanol–water partition coefficient (Wildman–Crippen LogP) is 2.45. The summed E-state index contributed by atoms with van der Waals surface area (Å²) in [6.07, 6.45) is -4.64. The van der Waals surface area contributed by atoms with E-state index in [1.165, 1.54) is 30.4 Å². The van der Waals surface area contributed by atoms with Crippen molar-refractivity contribution in [2.45, 2.75) is 12.1 Å². The largest absolute Gasteiger partial charge is 0.435 e. The average Bonchev–Trinajstić information content (AvgIpc) is 3.19. The molecule has 2 atom stereocenters. The molecule has 3 rings (SSSR count). The topological polar surface area (TPSA) is 67.2 Å². The van der Waals surface area contributed by atoms with Crippen LogP contribution in [0.2, 0.25) is 0 Å². The number of anilines is 1. The first-order valence-electron chi connectivity index (χ1n) is 7.49. The third-order valence-corrected chi connectivity index (χ3v) is 4.96. The summed E-state index contributed by atoms with van der Waals surface area (Å²) in [4.78, 5) is 26.2. The first-order valence-corrected chi connectivity index (χ1v) is 8.37. The van der Waals surface area contributed by atoms with Crippen LogP contribution in [0.15, 0.2) is 17.5 Å². The van der Waals surface area contributed by atoms with Gasteiger partial charge < -0.3 is 10.2 Å². The number of thiophene rings is 1. The summed E-state index contributed by atoms with van der Waals surface area (Å²) >= 11 is 0.780. The first-order chi connectivity index (χ1) is 12.1. The van der Waals surface area contributed by atoms with Gasteiger partial charge >= 0.3 is 6.18 Å². The number of carbonyl (C=O) groups is 2. The van der Waals surface area contributed by atoms with Crippen LogP contribution in [0, 0.1) is 11.0 Å². The van der Waals surface area contributed by atoms with Crippen molar-refractivity contribution in [3.63, 3.8) is 0 Å². The lowest BCUT2D eigenvalue weighted by Gasteiger charge is -2.16. The van der Waals surface area contributed by atoms with Gasteiger partial charge in [0.15, 0.2) is 10.8 Å². The molecule has 1 N–H and O–H groups in total. The van der Waals surface area contributed by atoms with Crippen molar-refractivity contribution < 1.29 is 27.2 Å². The Balaban J connectivity index is 1.93. The SMILES string of the molecule is CN1C[C@H](c2cc(C(F)(F)F)nn2C)[C@@H](C(=O)Nc2ccsc2F)C1=O. The van der Waals surface area contributed by atoms with Gasteiger partial charge in [0.2, 0.25) is 11.8 Å². The molecular weight excluding hydrogens is 376 g/mol. The van der Waals surface area contributed by atoms with Gasteiger partial charge in [0.25, 0.3) is 0 Å². The molecule has 1 aliphatic rings. The number of hydrogen-bond donors (Lipinski definition) is 1. The van der Waals surface area contributed by atoms with Gasteiger partial charge in [-0.1, -0.05) is 0 Å². The zero-order valence-corrected chi connectivity index (χ0v) is 14.5. The third-order valence-electron chi connectivity index (χ3n) is 4.26. The summed E-state index contributed by atoms with van der Waals surface area (Å²) in [6.45, 7) is 0.0554. The Hall–Kier alpha value is -2.43. The minimum absolute atomic E-state index is 0.0554. The van der Waals surface area contributed by atoms with E-state index in [2.05, 4.69) is 10.4 Å². The van der Waals surface area contributed by atoms with Crippen molar-refractivity contribution in [1.29, 1.82) is 0 Å². The van der Waals surface area contributed by atoms with E-state index in [4.69, 9.17) is 0 Å². The van der Waals surface area contributed by atoms with E-state index in [9.17, 15) is 27.2 Å². The number of likely N-dealkylation sites (tertiary alicyclic amines) is 1. The van der Waals surface area contributed by atoms with Crippen LogP contribution in [0.1, 0.15) is 17.3 Å². The molecule has 2 amide bonds. The molecule has 6 nitrogen and oxygen atoms in total. The molecule has 0 spiro atoms. The van der Waals surface area contributed by atoms with Gasteiger partial charge in [0.05, 0.1) is 5.69 Å². The van der Waals surface area contributed by atoms with E-state index in [0.29, 0.717) is 0 Å². The lowest BCUT2D eigenvalue weighted by molar-refractivity contribution is -0.141.